The van der Waals surface area contributed by atoms with Crippen molar-refractivity contribution in [1.82, 2.24) is 4.90 Å². The van der Waals surface area contributed by atoms with E-state index < -0.39 is 6.09 Å². The van der Waals surface area contributed by atoms with Gasteiger partial charge in [0.25, 0.3) is 0 Å². The van der Waals surface area contributed by atoms with E-state index in [9.17, 15) is 9.59 Å². The van der Waals surface area contributed by atoms with Gasteiger partial charge in [0.2, 0.25) is 5.91 Å². The molecule has 0 saturated carbocycles. The molecule has 0 saturated heterocycles. The summed E-state index contributed by atoms with van der Waals surface area (Å²) >= 11 is 6.40. The summed E-state index contributed by atoms with van der Waals surface area (Å²) in [7, 11) is 1.90. The highest BCUT2D eigenvalue weighted by atomic mass is 35.5. The molecule has 0 bridgehead atoms. The van der Waals surface area contributed by atoms with Crippen molar-refractivity contribution in [3.05, 3.63) is 58.9 Å². The average molecular weight is 546 g/mol. The van der Waals surface area contributed by atoms with E-state index in [1.54, 1.807) is 12.1 Å². The number of hydrogen-bond acceptors (Lipinski definition) is 4. The topological polar surface area (TPSA) is 59.7 Å². The van der Waals surface area contributed by atoms with Crippen molar-refractivity contribution in [2.45, 2.75) is 104 Å². The van der Waals surface area contributed by atoms with Crippen molar-refractivity contribution in [1.29, 1.82) is 0 Å². The minimum absolute atomic E-state index is 0.0190. The maximum absolute atomic E-state index is 12.6. The largest absolute Gasteiger partial charge is 0.492 e. The molecule has 0 aliphatic heterocycles. The van der Waals surface area contributed by atoms with Crippen LogP contribution in [0.5, 0.6) is 5.75 Å². The number of imide groups is 1. The van der Waals surface area contributed by atoms with Crippen LogP contribution in [-0.2, 0) is 29.7 Å². The number of benzene rings is 1. The number of amides is 2. The zero-order valence-electron chi connectivity index (χ0n) is 23.6. The molecule has 38 heavy (non-hydrogen) atoms. The number of rotatable bonds is 18. The Morgan fingerprint density at radius 2 is 1.42 bits per heavy atom. The third-order valence-corrected chi connectivity index (χ3v) is 6.90. The number of halogens is 1. The van der Waals surface area contributed by atoms with Gasteiger partial charge in [-0.05, 0) is 29.7 Å². The molecule has 0 fully saturated rings. The second-order valence-corrected chi connectivity index (χ2v) is 10.4. The van der Waals surface area contributed by atoms with Crippen LogP contribution in [0.3, 0.4) is 0 Å². The van der Waals surface area contributed by atoms with Crippen LogP contribution in [0, 0.1) is 0 Å². The van der Waals surface area contributed by atoms with E-state index in [1.807, 2.05) is 42.2 Å². The third kappa shape index (κ3) is 12.8. The zero-order chi connectivity index (χ0) is 27.6. The van der Waals surface area contributed by atoms with E-state index in [4.69, 9.17) is 21.1 Å². The predicted molar refractivity (Wildman–Crippen MR) is 152 cm³/mol. The molecule has 0 aliphatic carbocycles. The molecule has 1 aromatic heterocycles. The first-order valence-electron chi connectivity index (χ1n) is 14.2. The van der Waals surface area contributed by atoms with Crippen LogP contribution < -0.4 is 9.30 Å². The molecule has 2 aromatic rings. The summed E-state index contributed by atoms with van der Waals surface area (Å²) in [5.74, 6) is 0.259. The molecule has 2 rings (SSSR count). The van der Waals surface area contributed by atoms with E-state index in [2.05, 4.69) is 6.92 Å². The summed E-state index contributed by atoms with van der Waals surface area (Å²) < 4.78 is 13.1. The summed E-state index contributed by atoms with van der Waals surface area (Å²) in [5.41, 5.74) is 1.57. The SMILES string of the molecule is CCCCCCCCCCCCCCOc1ccc(COC(=O)N(Cc2cc[n+](C)cc2)C(C)=O)cc1Cl. The van der Waals surface area contributed by atoms with E-state index in [1.165, 1.54) is 71.1 Å². The number of ether oxygens (including phenoxy) is 2. The minimum Gasteiger partial charge on any atom is -0.492 e. The molecule has 210 valence electrons. The van der Waals surface area contributed by atoms with Crippen molar-refractivity contribution in [3.63, 3.8) is 0 Å². The van der Waals surface area contributed by atoms with Crippen LogP contribution in [0.4, 0.5) is 4.79 Å². The van der Waals surface area contributed by atoms with Gasteiger partial charge >= 0.3 is 6.09 Å². The van der Waals surface area contributed by atoms with Crippen molar-refractivity contribution in [3.8, 4) is 5.75 Å². The fourth-order valence-corrected chi connectivity index (χ4v) is 4.48. The van der Waals surface area contributed by atoms with Gasteiger partial charge in [0.15, 0.2) is 12.4 Å². The third-order valence-electron chi connectivity index (χ3n) is 6.60. The van der Waals surface area contributed by atoms with Crippen LogP contribution in [0.2, 0.25) is 5.02 Å². The molecule has 0 aliphatic rings. The summed E-state index contributed by atoms with van der Waals surface area (Å²) in [4.78, 5) is 25.7. The highest BCUT2D eigenvalue weighted by Crippen LogP contribution is 2.26. The summed E-state index contributed by atoms with van der Waals surface area (Å²) in [5, 5.41) is 0.484. The summed E-state index contributed by atoms with van der Waals surface area (Å²) in [6.07, 6.45) is 18.7. The lowest BCUT2D eigenvalue weighted by Gasteiger charge is -2.18. The zero-order valence-corrected chi connectivity index (χ0v) is 24.3. The predicted octanol–water partition coefficient (Wildman–Crippen LogP) is 7.93. The first-order chi connectivity index (χ1) is 18.4. The Hall–Kier alpha value is -2.60. The molecule has 1 aromatic carbocycles. The van der Waals surface area contributed by atoms with Crippen molar-refractivity contribution < 1.29 is 23.6 Å². The van der Waals surface area contributed by atoms with Crippen LogP contribution in [0.1, 0.15) is 102 Å². The summed E-state index contributed by atoms with van der Waals surface area (Å²) in [6.45, 7) is 4.42. The fourth-order valence-electron chi connectivity index (χ4n) is 4.22. The Morgan fingerprint density at radius 1 is 0.842 bits per heavy atom. The van der Waals surface area contributed by atoms with Gasteiger partial charge in [-0.25, -0.2) is 14.3 Å². The monoisotopic (exact) mass is 545 g/mol. The van der Waals surface area contributed by atoms with Gasteiger partial charge in [-0.1, -0.05) is 95.2 Å². The van der Waals surface area contributed by atoms with E-state index in [0.717, 1.165) is 28.9 Å². The van der Waals surface area contributed by atoms with Gasteiger partial charge < -0.3 is 9.47 Å². The number of aromatic nitrogens is 1. The van der Waals surface area contributed by atoms with Gasteiger partial charge in [0.1, 0.15) is 19.4 Å². The second kappa shape index (κ2) is 18.6. The molecule has 0 spiro atoms. The molecule has 7 heteroatoms. The lowest BCUT2D eigenvalue weighted by atomic mass is 10.1. The van der Waals surface area contributed by atoms with Gasteiger partial charge in [0.05, 0.1) is 18.2 Å². The average Bonchev–Trinajstić information content (AvgIpc) is 2.90. The first-order valence-corrected chi connectivity index (χ1v) is 14.6. The van der Waals surface area contributed by atoms with Crippen molar-refractivity contribution in [2.24, 2.45) is 7.05 Å². The Labute approximate surface area is 234 Å². The van der Waals surface area contributed by atoms with Crippen LogP contribution in [-0.4, -0.2) is 23.5 Å². The van der Waals surface area contributed by atoms with Crippen molar-refractivity contribution in [2.75, 3.05) is 6.61 Å². The van der Waals surface area contributed by atoms with Gasteiger partial charge in [-0.3, -0.25) is 4.79 Å². The lowest BCUT2D eigenvalue weighted by molar-refractivity contribution is -0.671. The summed E-state index contributed by atoms with van der Waals surface area (Å²) in [6, 6.07) is 9.09. The number of unbranched alkanes of at least 4 members (excludes halogenated alkanes) is 11. The first kappa shape index (κ1) is 31.6. The molecule has 0 radical (unpaired) electrons. The fraction of sp³-hybridized carbons (Fsp3) is 0.581. The number of nitrogens with zero attached hydrogens (tertiary/aromatic N) is 2. The maximum atomic E-state index is 12.6. The van der Waals surface area contributed by atoms with Gasteiger partial charge in [-0.15, -0.1) is 0 Å². The Morgan fingerprint density at radius 3 is 1.97 bits per heavy atom. The molecule has 0 N–H and O–H groups in total. The Kier molecular flexibility index (Phi) is 15.5. The number of carbonyl (C=O) groups is 2. The quantitative estimate of drug-likeness (QED) is 0.141. The molecular weight excluding hydrogens is 500 g/mol. The molecule has 0 unspecified atom stereocenters. The number of pyridine rings is 1. The smallest absolute Gasteiger partial charge is 0.417 e. The van der Waals surface area contributed by atoms with Crippen molar-refractivity contribution >= 4 is 23.6 Å². The standard InChI is InChI=1S/C31H46ClN2O4/c1-4-5-6-7-8-9-10-11-12-13-14-15-22-37-30-17-16-28(23-29(30)32)25-38-31(36)34(26(2)35)24-27-18-20-33(3)21-19-27/h16-21,23H,4-15,22,24-25H2,1-3H3/q+1. The number of aryl methyl sites for hydroxylation is 1. The van der Waals surface area contributed by atoms with Crippen LogP contribution in [0.15, 0.2) is 42.7 Å². The molecule has 0 atom stereocenters. The minimum atomic E-state index is -0.686. The van der Waals surface area contributed by atoms with E-state index >= 15 is 0 Å². The lowest BCUT2D eigenvalue weighted by Crippen LogP contribution is -2.35. The Bertz CT molecular complexity index is 965. The van der Waals surface area contributed by atoms with Gasteiger partial charge in [0, 0.05) is 19.1 Å². The van der Waals surface area contributed by atoms with Crippen LogP contribution >= 0.6 is 11.6 Å². The molecule has 6 nitrogen and oxygen atoms in total. The molecule has 2 amide bonds. The second-order valence-electron chi connectivity index (χ2n) is 10.0. The van der Waals surface area contributed by atoms with Crippen LogP contribution in [0.25, 0.3) is 0 Å². The van der Waals surface area contributed by atoms with E-state index in [0.29, 0.717) is 17.4 Å². The van der Waals surface area contributed by atoms with Gasteiger partial charge in [-0.2, -0.15) is 0 Å². The number of hydrogen-bond donors (Lipinski definition) is 0. The normalized spacial score (nSPS) is 10.8. The Balaban J connectivity index is 1.63. The van der Waals surface area contributed by atoms with E-state index in [-0.39, 0.29) is 19.1 Å². The molecular formula is C31H46ClN2O4+. The molecule has 1 heterocycles. The highest BCUT2D eigenvalue weighted by Gasteiger charge is 2.20. The highest BCUT2D eigenvalue weighted by molar-refractivity contribution is 6.32. The number of carbonyl (C=O) groups excluding carboxylic acids is 2. The maximum Gasteiger partial charge on any atom is 0.417 e.